The van der Waals surface area contributed by atoms with E-state index >= 15 is 0 Å². The molecule has 1 aliphatic rings. The summed E-state index contributed by atoms with van der Waals surface area (Å²) < 4.78 is 13.9. The van der Waals surface area contributed by atoms with E-state index in [1.807, 2.05) is 13.8 Å². The summed E-state index contributed by atoms with van der Waals surface area (Å²) in [5.74, 6) is -0.510. The standard InChI is InChI=1S/C16H23FN2O/c1-3-12(4-2)16(20)18-15-11-13(7-8-14(15)17)19-9-5-6-10-19/h7-8,11-12H,3-6,9-10H2,1-2H3,(H,18,20). The summed E-state index contributed by atoms with van der Waals surface area (Å²) in [5, 5.41) is 2.74. The Kier molecular flexibility index (Phi) is 4.99. The van der Waals surface area contributed by atoms with Gasteiger partial charge in [0.25, 0.3) is 0 Å². The third-order valence-electron chi connectivity index (χ3n) is 4.04. The predicted octanol–water partition coefficient (Wildman–Crippen LogP) is 3.80. The first kappa shape index (κ1) is 14.8. The van der Waals surface area contributed by atoms with E-state index in [2.05, 4.69) is 10.2 Å². The van der Waals surface area contributed by atoms with Gasteiger partial charge in [-0.1, -0.05) is 13.8 Å². The lowest BCUT2D eigenvalue weighted by molar-refractivity contribution is -0.120. The lowest BCUT2D eigenvalue weighted by Crippen LogP contribution is -2.23. The van der Waals surface area contributed by atoms with Crippen LogP contribution in [0.15, 0.2) is 18.2 Å². The second-order valence-corrected chi connectivity index (χ2v) is 5.36. The van der Waals surface area contributed by atoms with E-state index in [1.54, 1.807) is 12.1 Å². The molecule has 110 valence electrons. The minimum absolute atomic E-state index is 0.0511. The highest BCUT2D eigenvalue weighted by Gasteiger charge is 2.18. The Morgan fingerprint density at radius 3 is 2.55 bits per heavy atom. The van der Waals surface area contributed by atoms with Crippen molar-refractivity contribution in [1.29, 1.82) is 0 Å². The van der Waals surface area contributed by atoms with Crippen molar-refractivity contribution < 1.29 is 9.18 Å². The van der Waals surface area contributed by atoms with E-state index in [0.717, 1.165) is 31.6 Å². The Morgan fingerprint density at radius 1 is 1.30 bits per heavy atom. The maximum absolute atomic E-state index is 13.9. The van der Waals surface area contributed by atoms with Crippen molar-refractivity contribution in [2.75, 3.05) is 23.3 Å². The number of benzene rings is 1. The number of anilines is 2. The van der Waals surface area contributed by atoms with Crippen molar-refractivity contribution in [1.82, 2.24) is 0 Å². The van der Waals surface area contributed by atoms with Gasteiger partial charge in [0.2, 0.25) is 5.91 Å². The minimum atomic E-state index is -0.368. The number of hydrogen-bond acceptors (Lipinski definition) is 2. The molecule has 4 heteroatoms. The largest absolute Gasteiger partial charge is 0.371 e. The van der Waals surface area contributed by atoms with Crippen molar-refractivity contribution in [3.8, 4) is 0 Å². The quantitative estimate of drug-likeness (QED) is 0.888. The van der Waals surface area contributed by atoms with E-state index in [1.165, 1.54) is 18.9 Å². The van der Waals surface area contributed by atoms with Crippen LogP contribution >= 0.6 is 0 Å². The number of amides is 1. The molecule has 3 nitrogen and oxygen atoms in total. The zero-order valence-corrected chi connectivity index (χ0v) is 12.3. The molecule has 1 aromatic rings. The van der Waals surface area contributed by atoms with Gasteiger partial charge in [0.15, 0.2) is 0 Å². The molecule has 0 unspecified atom stereocenters. The summed E-state index contributed by atoms with van der Waals surface area (Å²) in [6.07, 6.45) is 3.89. The summed E-state index contributed by atoms with van der Waals surface area (Å²) in [6, 6.07) is 4.98. The van der Waals surface area contributed by atoms with E-state index in [9.17, 15) is 9.18 Å². The van der Waals surface area contributed by atoms with Crippen LogP contribution in [0.2, 0.25) is 0 Å². The molecule has 20 heavy (non-hydrogen) atoms. The molecule has 1 saturated heterocycles. The first-order chi connectivity index (χ1) is 9.65. The van der Waals surface area contributed by atoms with Crippen LogP contribution in [0.1, 0.15) is 39.5 Å². The number of rotatable bonds is 5. The zero-order chi connectivity index (χ0) is 14.5. The normalized spacial score (nSPS) is 14.9. The molecule has 1 fully saturated rings. The SMILES string of the molecule is CCC(CC)C(=O)Nc1cc(N2CCCC2)ccc1F. The molecule has 1 aromatic carbocycles. The average molecular weight is 278 g/mol. The van der Waals surface area contributed by atoms with Crippen LogP contribution in [-0.2, 0) is 4.79 Å². The molecular weight excluding hydrogens is 255 g/mol. The summed E-state index contributed by atoms with van der Waals surface area (Å²) in [6.45, 7) is 5.96. The molecule has 2 rings (SSSR count). The number of carbonyl (C=O) groups is 1. The van der Waals surface area contributed by atoms with Crippen LogP contribution in [0.4, 0.5) is 15.8 Å². The van der Waals surface area contributed by atoms with Crippen LogP contribution in [0.25, 0.3) is 0 Å². The van der Waals surface area contributed by atoms with Crippen LogP contribution in [0.5, 0.6) is 0 Å². The molecule has 0 radical (unpaired) electrons. The molecule has 0 aliphatic carbocycles. The van der Waals surface area contributed by atoms with Crippen molar-refractivity contribution in [3.05, 3.63) is 24.0 Å². The monoisotopic (exact) mass is 278 g/mol. The van der Waals surface area contributed by atoms with Gasteiger partial charge >= 0.3 is 0 Å². The van der Waals surface area contributed by atoms with E-state index in [4.69, 9.17) is 0 Å². The molecule has 0 atom stereocenters. The molecule has 0 bridgehead atoms. The van der Waals surface area contributed by atoms with Gasteiger partial charge in [-0.25, -0.2) is 4.39 Å². The van der Waals surface area contributed by atoms with E-state index in [-0.39, 0.29) is 17.6 Å². The average Bonchev–Trinajstić information content (AvgIpc) is 2.96. The number of nitrogens with one attached hydrogen (secondary N) is 1. The smallest absolute Gasteiger partial charge is 0.227 e. The second-order valence-electron chi connectivity index (χ2n) is 5.36. The molecule has 1 heterocycles. The highest BCUT2D eigenvalue weighted by Crippen LogP contribution is 2.26. The first-order valence-electron chi connectivity index (χ1n) is 7.51. The fourth-order valence-corrected chi connectivity index (χ4v) is 2.68. The first-order valence-corrected chi connectivity index (χ1v) is 7.51. The van der Waals surface area contributed by atoms with Gasteiger partial charge in [-0.05, 0) is 43.9 Å². The van der Waals surface area contributed by atoms with Crippen molar-refractivity contribution >= 4 is 17.3 Å². The molecule has 1 amide bonds. The van der Waals surface area contributed by atoms with Gasteiger partial charge in [0.1, 0.15) is 5.82 Å². The molecule has 0 aromatic heterocycles. The summed E-state index contributed by atoms with van der Waals surface area (Å²) in [5.41, 5.74) is 1.29. The highest BCUT2D eigenvalue weighted by molar-refractivity contribution is 5.93. The van der Waals surface area contributed by atoms with Crippen LogP contribution in [0, 0.1) is 11.7 Å². The highest BCUT2D eigenvalue weighted by atomic mass is 19.1. The molecule has 1 N–H and O–H groups in total. The van der Waals surface area contributed by atoms with Gasteiger partial charge in [-0.15, -0.1) is 0 Å². The van der Waals surface area contributed by atoms with Gasteiger partial charge in [0, 0.05) is 24.7 Å². The summed E-state index contributed by atoms with van der Waals surface area (Å²) >= 11 is 0. The van der Waals surface area contributed by atoms with Crippen molar-refractivity contribution in [2.45, 2.75) is 39.5 Å². The lowest BCUT2D eigenvalue weighted by atomic mass is 10.0. The van der Waals surface area contributed by atoms with Crippen molar-refractivity contribution in [3.63, 3.8) is 0 Å². The second kappa shape index (κ2) is 6.73. The maximum atomic E-state index is 13.9. The summed E-state index contributed by atoms with van der Waals surface area (Å²) in [7, 11) is 0. The van der Waals surface area contributed by atoms with Crippen LogP contribution < -0.4 is 10.2 Å². The van der Waals surface area contributed by atoms with E-state index in [0.29, 0.717) is 5.69 Å². The number of carbonyl (C=O) groups excluding carboxylic acids is 1. The van der Waals surface area contributed by atoms with E-state index < -0.39 is 0 Å². The molecular formula is C16H23FN2O. The lowest BCUT2D eigenvalue weighted by Gasteiger charge is -2.19. The van der Waals surface area contributed by atoms with Crippen molar-refractivity contribution in [2.24, 2.45) is 5.92 Å². The molecule has 0 spiro atoms. The fourth-order valence-electron chi connectivity index (χ4n) is 2.68. The Hall–Kier alpha value is -1.58. The van der Waals surface area contributed by atoms with Gasteiger partial charge in [0.05, 0.1) is 5.69 Å². The Balaban J connectivity index is 2.14. The fraction of sp³-hybridized carbons (Fsp3) is 0.562. The molecule has 0 saturated carbocycles. The van der Waals surface area contributed by atoms with Crippen LogP contribution in [-0.4, -0.2) is 19.0 Å². The summed E-state index contributed by atoms with van der Waals surface area (Å²) in [4.78, 5) is 14.3. The third kappa shape index (κ3) is 3.30. The Morgan fingerprint density at radius 2 is 1.95 bits per heavy atom. The predicted molar refractivity (Wildman–Crippen MR) is 80.5 cm³/mol. The van der Waals surface area contributed by atoms with Crippen LogP contribution in [0.3, 0.4) is 0 Å². The Labute approximate surface area is 120 Å². The van der Waals surface area contributed by atoms with Gasteiger partial charge in [-0.3, -0.25) is 4.79 Å². The third-order valence-corrected chi connectivity index (χ3v) is 4.04. The number of halogens is 1. The topological polar surface area (TPSA) is 32.3 Å². The minimum Gasteiger partial charge on any atom is -0.371 e. The zero-order valence-electron chi connectivity index (χ0n) is 12.3. The van der Waals surface area contributed by atoms with Gasteiger partial charge in [-0.2, -0.15) is 0 Å². The maximum Gasteiger partial charge on any atom is 0.227 e. The number of hydrogen-bond donors (Lipinski definition) is 1. The van der Waals surface area contributed by atoms with Gasteiger partial charge < -0.3 is 10.2 Å². The number of nitrogens with zero attached hydrogens (tertiary/aromatic N) is 1. The molecule has 1 aliphatic heterocycles. The Bertz CT molecular complexity index is 466.